The van der Waals surface area contributed by atoms with E-state index in [2.05, 4.69) is 9.47 Å². The van der Waals surface area contributed by atoms with Gasteiger partial charge in [-0.15, -0.1) is 0 Å². The molecule has 0 aromatic carbocycles. The number of alkyl halides is 7. The molecule has 2 atom stereocenters. The fourth-order valence-corrected chi connectivity index (χ4v) is 0.644. The van der Waals surface area contributed by atoms with E-state index >= 15 is 0 Å². The van der Waals surface area contributed by atoms with E-state index < -0.39 is 24.7 Å². The third-order valence-electron chi connectivity index (χ3n) is 1.23. The van der Waals surface area contributed by atoms with Crippen molar-refractivity contribution in [3.63, 3.8) is 0 Å². The van der Waals surface area contributed by atoms with Gasteiger partial charge in [0.15, 0.2) is 0 Å². The minimum absolute atomic E-state index is 2.67. The van der Waals surface area contributed by atoms with Gasteiger partial charge in [-0.2, -0.15) is 30.7 Å². The van der Waals surface area contributed by atoms with Crippen molar-refractivity contribution in [2.75, 3.05) is 0 Å². The van der Waals surface area contributed by atoms with Crippen LogP contribution in [0.25, 0.3) is 0 Å². The van der Waals surface area contributed by atoms with Crippen LogP contribution in [0.5, 0.6) is 0 Å². The predicted molar refractivity (Wildman–Crippen MR) is 21.9 cm³/mol. The monoisotopic (exact) mass is 214 g/mol. The highest BCUT2D eigenvalue weighted by Gasteiger charge is 2.80. The summed E-state index contributed by atoms with van der Waals surface area (Å²) in [5.74, 6) is -5.43. The molecule has 0 N–H and O–H groups in total. The quantitative estimate of drug-likeness (QED) is 0.575. The zero-order valence-corrected chi connectivity index (χ0v) is 5.54. The normalized spacial score (nSPS) is 39.5. The Morgan fingerprint density at radius 2 is 1.46 bits per heavy atom. The standard InChI is InChI=1S/C4HF7O2/c5-1-12-2(6,3(7,8)9)4(10,11)13-1/h1H. The third kappa shape index (κ3) is 1.35. The summed E-state index contributed by atoms with van der Waals surface area (Å²) in [6.45, 7) is -3.44. The van der Waals surface area contributed by atoms with Crippen molar-refractivity contribution in [2.45, 2.75) is 24.7 Å². The topological polar surface area (TPSA) is 18.5 Å². The van der Waals surface area contributed by atoms with Crippen LogP contribution in [0.3, 0.4) is 0 Å². The Bertz CT molecular complexity index is 213. The lowest BCUT2D eigenvalue weighted by Gasteiger charge is -2.24. The van der Waals surface area contributed by atoms with E-state index in [1.54, 1.807) is 0 Å². The van der Waals surface area contributed by atoms with Crippen molar-refractivity contribution in [3.8, 4) is 0 Å². The minimum Gasteiger partial charge on any atom is -0.274 e. The molecule has 1 saturated heterocycles. The molecule has 1 aliphatic heterocycles. The molecule has 1 rings (SSSR count). The molecule has 2 nitrogen and oxygen atoms in total. The van der Waals surface area contributed by atoms with Gasteiger partial charge < -0.3 is 0 Å². The summed E-state index contributed by atoms with van der Waals surface area (Å²) in [6, 6.07) is 0. The first-order chi connectivity index (χ1) is 5.60. The Balaban J connectivity index is 3.03. The Kier molecular flexibility index (Phi) is 2.00. The van der Waals surface area contributed by atoms with Crippen LogP contribution in [0.1, 0.15) is 0 Å². The summed E-state index contributed by atoms with van der Waals surface area (Å²) in [7, 11) is 0. The zero-order chi connectivity index (χ0) is 10.5. The molecule has 1 fully saturated rings. The molecule has 1 heterocycles. The lowest BCUT2D eigenvalue weighted by atomic mass is 10.3. The molecular formula is C4HF7O2. The predicted octanol–water partition coefficient (Wildman–Crippen LogP) is 2.11. The second-order valence-electron chi connectivity index (χ2n) is 2.12. The summed E-state index contributed by atoms with van der Waals surface area (Å²) in [6.07, 6.45) is -11.5. The van der Waals surface area contributed by atoms with Crippen LogP contribution >= 0.6 is 0 Å². The van der Waals surface area contributed by atoms with E-state index in [1.807, 2.05) is 0 Å². The van der Waals surface area contributed by atoms with Crippen molar-refractivity contribution in [3.05, 3.63) is 0 Å². The molecule has 0 aromatic heterocycles. The van der Waals surface area contributed by atoms with Crippen molar-refractivity contribution in [1.82, 2.24) is 0 Å². The van der Waals surface area contributed by atoms with Crippen LogP contribution in [0.2, 0.25) is 0 Å². The summed E-state index contributed by atoms with van der Waals surface area (Å²) >= 11 is 0. The minimum atomic E-state index is -6.07. The first-order valence-electron chi connectivity index (χ1n) is 2.73. The maximum atomic E-state index is 12.4. The number of ether oxygens (including phenoxy) is 2. The maximum absolute atomic E-state index is 12.4. The van der Waals surface area contributed by atoms with Gasteiger partial charge >= 0.3 is 24.7 Å². The van der Waals surface area contributed by atoms with Crippen LogP contribution in [-0.2, 0) is 9.47 Å². The van der Waals surface area contributed by atoms with E-state index in [0.717, 1.165) is 0 Å². The molecule has 78 valence electrons. The first kappa shape index (κ1) is 10.5. The van der Waals surface area contributed by atoms with Crippen LogP contribution < -0.4 is 0 Å². The Hall–Kier alpha value is -0.570. The summed E-state index contributed by atoms with van der Waals surface area (Å²) < 4.78 is 88.4. The SMILES string of the molecule is FC1OC(F)(F)C(F)(C(F)(F)F)O1. The first-order valence-corrected chi connectivity index (χ1v) is 2.73. The second-order valence-corrected chi connectivity index (χ2v) is 2.12. The van der Waals surface area contributed by atoms with Crippen LogP contribution in [0.4, 0.5) is 30.7 Å². The van der Waals surface area contributed by atoms with Crippen LogP contribution in [-0.4, -0.2) is 24.7 Å². The van der Waals surface area contributed by atoms with Crippen molar-refractivity contribution in [1.29, 1.82) is 0 Å². The molecule has 0 aromatic rings. The molecular weight excluding hydrogens is 213 g/mol. The average molecular weight is 214 g/mol. The number of halogens is 7. The molecule has 1 aliphatic rings. The number of hydrogen-bond acceptors (Lipinski definition) is 2. The Labute approximate surface area is 66.2 Å². The largest absolute Gasteiger partial charge is 0.458 e. The molecule has 0 spiro atoms. The van der Waals surface area contributed by atoms with Gasteiger partial charge in [0.2, 0.25) is 0 Å². The van der Waals surface area contributed by atoms with Gasteiger partial charge in [-0.05, 0) is 0 Å². The molecule has 0 radical (unpaired) electrons. The van der Waals surface area contributed by atoms with E-state index in [9.17, 15) is 30.7 Å². The van der Waals surface area contributed by atoms with Crippen LogP contribution in [0.15, 0.2) is 0 Å². The average Bonchev–Trinajstić information content (AvgIpc) is 2.00. The highest BCUT2D eigenvalue weighted by molar-refractivity contribution is 4.89. The molecule has 2 unspecified atom stereocenters. The molecule has 0 aliphatic carbocycles. The molecule has 0 saturated carbocycles. The second kappa shape index (κ2) is 2.47. The highest BCUT2D eigenvalue weighted by atomic mass is 19.4. The van der Waals surface area contributed by atoms with Gasteiger partial charge in [0.05, 0.1) is 0 Å². The smallest absolute Gasteiger partial charge is 0.274 e. The maximum Gasteiger partial charge on any atom is 0.458 e. The zero-order valence-electron chi connectivity index (χ0n) is 5.54. The number of hydrogen-bond donors (Lipinski definition) is 0. The summed E-state index contributed by atoms with van der Waals surface area (Å²) in [4.78, 5) is 0. The lowest BCUT2D eigenvalue weighted by molar-refractivity contribution is -0.394. The van der Waals surface area contributed by atoms with E-state index in [1.165, 1.54) is 0 Å². The lowest BCUT2D eigenvalue weighted by Crippen LogP contribution is -2.53. The number of rotatable bonds is 0. The van der Waals surface area contributed by atoms with Gasteiger partial charge in [0.25, 0.3) is 0 Å². The molecule has 13 heavy (non-hydrogen) atoms. The van der Waals surface area contributed by atoms with E-state index in [-0.39, 0.29) is 0 Å². The highest BCUT2D eigenvalue weighted by Crippen LogP contribution is 2.52. The van der Waals surface area contributed by atoms with Crippen molar-refractivity contribution < 1.29 is 40.2 Å². The van der Waals surface area contributed by atoms with E-state index in [0.29, 0.717) is 0 Å². The van der Waals surface area contributed by atoms with Crippen LogP contribution in [0, 0.1) is 0 Å². The van der Waals surface area contributed by atoms with Crippen molar-refractivity contribution >= 4 is 0 Å². The van der Waals surface area contributed by atoms with Gasteiger partial charge in [-0.1, -0.05) is 0 Å². The summed E-state index contributed by atoms with van der Waals surface area (Å²) in [5.41, 5.74) is 0. The molecule has 0 bridgehead atoms. The van der Waals surface area contributed by atoms with Gasteiger partial charge in [-0.3, -0.25) is 9.47 Å². The van der Waals surface area contributed by atoms with E-state index in [4.69, 9.17) is 0 Å². The molecule has 9 heteroatoms. The van der Waals surface area contributed by atoms with Gasteiger partial charge in [0, 0.05) is 0 Å². The fourth-order valence-electron chi connectivity index (χ4n) is 0.644. The van der Waals surface area contributed by atoms with Crippen molar-refractivity contribution in [2.24, 2.45) is 0 Å². The third-order valence-corrected chi connectivity index (χ3v) is 1.23. The van der Waals surface area contributed by atoms with Gasteiger partial charge in [-0.25, -0.2) is 0 Å². The Morgan fingerprint density at radius 3 is 1.62 bits per heavy atom. The molecule has 0 amide bonds. The summed E-state index contributed by atoms with van der Waals surface area (Å²) in [5, 5.41) is 0. The Morgan fingerprint density at radius 1 is 1.00 bits per heavy atom. The van der Waals surface area contributed by atoms with Gasteiger partial charge in [0.1, 0.15) is 0 Å². The fraction of sp³-hybridized carbons (Fsp3) is 1.00.